The summed E-state index contributed by atoms with van der Waals surface area (Å²) in [5.74, 6) is -2.17. The summed E-state index contributed by atoms with van der Waals surface area (Å²) in [6.45, 7) is -0.610. The minimum atomic E-state index is -1.43. The number of carbonyl (C=O) groups excluding carboxylic acids is 3. The number of thiazole rings is 1. The number of aromatic nitrogens is 1. The topological polar surface area (TPSA) is 159 Å². The van der Waals surface area contributed by atoms with Gasteiger partial charge in [0.25, 0.3) is 5.91 Å². The van der Waals surface area contributed by atoms with Gasteiger partial charge < -0.3 is 15.3 Å². The molecule has 0 unspecified atom stereocenters. The number of aliphatic carboxylic acids is 1. The van der Waals surface area contributed by atoms with Crippen LogP contribution in [0.4, 0.5) is 5.13 Å². The Balaban J connectivity index is 2.69. The van der Waals surface area contributed by atoms with E-state index in [1.54, 1.807) is 0 Å². The van der Waals surface area contributed by atoms with Crippen molar-refractivity contribution in [3.8, 4) is 0 Å². The first-order chi connectivity index (χ1) is 10.1. The summed E-state index contributed by atoms with van der Waals surface area (Å²) in [5.41, 5.74) is 3.24. The van der Waals surface area contributed by atoms with Crippen molar-refractivity contribution >= 4 is 46.9 Å². The van der Waals surface area contributed by atoms with Gasteiger partial charge in [0.2, 0.25) is 18.5 Å². The molecule has 112 valence electrons. The zero-order valence-electron chi connectivity index (χ0n) is 10.2. The average Bonchev–Trinajstić information content (AvgIpc) is 2.89. The van der Waals surface area contributed by atoms with Gasteiger partial charge in [-0.1, -0.05) is 5.16 Å². The molecule has 0 aliphatic rings. The molecule has 0 spiro atoms. The molecule has 3 amide bonds. The van der Waals surface area contributed by atoms with Gasteiger partial charge in [-0.05, 0) is 0 Å². The summed E-state index contributed by atoms with van der Waals surface area (Å²) in [5, 5.41) is 16.0. The minimum Gasteiger partial charge on any atom is -0.476 e. The third-order valence-electron chi connectivity index (χ3n) is 1.75. The first kappa shape index (κ1) is 16.0. The van der Waals surface area contributed by atoms with Crippen molar-refractivity contribution in [2.45, 2.75) is 0 Å². The first-order valence-corrected chi connectivity index (χ1v) is 6.03. The number of carboxylic acid groups (broad SMARTS) is 1. The fourth-order valence-electron chi connectivity index (χ4n) is 0.996. The molecule has 0 radical (unpaired) electrons. The van der Waals surface area contributed by atoms with Gasteiger partial charge in [-0.2, -0.15) is 0 Å². The van der Waals surface area contributed by atoms with Crippen molar-refractivity contribution in [1.82, 2.24) is 15.8 Å². The van der Waals surface area contributed by atoms with Crippen molar-refractivity contribution in [1.29, 1.82) is 0 Å². The lowest BCUT2D eigenvalue weighted by Crippen LogP contribution is -2.38. The fourth-order valence-corrected chi connectivity index (χ4v) is 1.65. The van der Waals surface area contributed by atoms with Crippen molar-refractivity contribution in [2.75, 3.05) is 11.9 Å². The number of hydrogen-bond acceptors (Lipinski definition) is 8. The Morgan fingerprint density at radius 1 is 1.43 bits per heavy atom. The molecule has 0 aromatic carbocycles. The fraction of sp³-hybridized carbons (Fsp3) is 0.111. The van der Waals surface area contributed by atoms with Gasteiger partial charge in [-0.3, -0.25) is 25.2 Å². The number of rotatable bonds is 9. The van der Waals surface area contributed by atoms with E-state index in [0.29, 0.717) is 6.41 Å². The Morgan fingerprint density at radius 3 is 2.81 bits per heavy atom. The van der Waals surface area contributed by atoms with E-state index in [0.717, 1.165) is 11.3 Å². The van der Waals surface area contributed by atoms with E-state index in [-0.39, 0.29) is 17.2 Å². The van der Waals surface area contributed by atoms with Gasteiger partial charge in [-0.25, -0.2) is 9.78 Å². The highest BCUT2D eigenvalue weighted by Gasteiger charge is 2.17. The zero-order valence-corrected chi connectivity index (χ0v) is 11.0. The maximum absolute atomic E-state index is 11.0. The second-order valence-electron chi connectivity index (χ2n) is 3.13. The van der Waals surface area contributed by atoms with Crippen molar-refractivity contribution in [2.24, 2.45) is 5.16 Å². The number of carbonyl (C=O) groups is 4. The number of hydrogen-bond donors (Lipinski definition) is 4. The highest BCUT2D eigenvalue weighted by Crippen LogP contribution is 2.15. The first-order valence-electron chi connectivity index (χ1n) is 5.15. The van der Waals surface area contributed by atoms with Gasteiger partial charge in [0, 0.05) is 5.38 Å². The molecule has 0 atom stereocenters. The van der Waals surface area contributed by atoms with E-state index < -0.39 is 24.2 Å². The van der Waals surface area contributed by atoms with Crippen molar-refractivity contribution in [3.05, 3.63) is 11.1 Å². The van der Waals surface area contributed by atoms with E-state index in [4.69, 9.17) is 5.11 Å². The van der Waals surface area contributed by atoms with Crippen LogP contribution >= 0.6 is 11.3 Å². The molecular weight excluding hydrogens is 306 g/mol. The van der Waals surface area contributed by atoms with Gasteiger partial charge in [0.1, 0.15) is 5.69 Å². The normalized spacial score (nSPS) is 10.4. The maximum atomic E-state index is 11.0. The van der Waals surface area contributed by atoms with E-state index in [2.05, 4.69) is 20.3 Å². The van der Waals surface area contributed by atoms with Gasteiger partial charge >= 0.3 is 5.97 Å². The molecule has 0 bridgehead atoms. The molecule has 1 aromatic heterocycles. The van der Waals surface area contributed by atoms with Crippen LogP contribution in [-0.4, -0.2) is 47.1 Å². The molecule has 0 saturated carbocycles. The van der Waals surface area contributed by atoms with E-state index in [1.165, 1.54) is 5.38 Å². The Bertz CT molecular complexity index is 571. The molecule has 1 heterocycles. The zero-order chi connectivity index (χ0) is 15.7. The van der Waals surface area contributed by atoms with Crippen LogP contribution in [0.5, 0.6) is 0 Å². The second-order valence-corrected chi connectivity index (χ2v) is 3.99. The SMILES string of the molecule is O=CNNC(=O)CON=C(C(=O)O)c1csc(NC=O)n1. The predicted octanol–water partition coefficient (Wildman–Crippen LogP) is -1.71. The Kier molecular flexibility index (Phi) is 6.27. The molecule has 1 aromatic rings. The molecule has 21 heavy (non-hydrogen) atoms. The number of anilines is 1. The molecule has 0 aliphatic heterocycles. The monoisotopic (exact) mass is 315 g/mol. The summed E-state index contributed by atoms with van der Waals surface area (Å²) < 4.78 is 0. The molecule has 0 aliphatic carbocycles. The highest BCUT2D eigenvalue weighted by atomic mass is 32.1. The number of hydrazine groups is 1. The number of carboxylic acids is 1. The second kappa shape index (κ2) is 8.21. The predicted molar refractivity (Wildman–Crippen MR) is 69.3 cm³/mol. The average molecular weight is 315 g/mol. The van der Waals surface area contributed by atoms with Crippen LogP contribution in [0.1, 0.15) is 5.69 Å². The third-order valence-corrected chi connectivity index (χ3v) is 2.53. The quantitative estimate of drug-likeness (QED) is 0.240. The van der Waals surface area contributed by atoms with Crippen LogP contribution in [0, 0.1) is 0 Å². The molecule has 0 fully saturated rings. The number of nitrogens with zero attached hydrogens (tertiary/aromatic N) is 2. The number of oxime groups is 1. The van der Waals surface area contributed by atoms with Gasteiger partial charge in [0.05, 0.1) is 0 Å². The largest absolute Gasteiger partial charge is 0.476 e. The van der Waals surface area contributed by atoms with Crippen molar-refractivity contribution < 1.29 is 29.1 Å². The van der Waals surface area contributed by atoms with Crippen molar-refractivity contribution in [3.63, 3.8) is 0 Å². The molecule has 1 rings (SSSR count). The van der Waals surface area contributed by atoms with Crippen LogP contribution in [-0.2, 0) is 24.0 Å². The molecular formula is C9H9N5O6S. The lowest BCUT2D eigenvalue weighted by atomic mass is 10.3. The molecule has 4 N–H and O–H groups in total. The summed E-state index contributed by atoms with van der Waals surface area (Å²) in [6.07, 6.45) is 0.627. The lowest BCUT2D eigenvalue weighted by Gasteiger charge is -2.02. The number of amides is 3. The van der Waals surface area contributed by atoms with Crippen LogP contribution in [0.15, 0.2) is 10.5 Å². The van der Waals surface area contributed by atoms with E-state index in [9.17, 15) is 19.2 Å². The summed E-state index contributed by atoms with van der Waals surface area (Å²) in [4.78, 5) is 50.6. The van der Waals surface area contributed by atoms with Crippen LogP contribution in [0.2, 0.25) is 0 Å². The van der Waals surface area contributed by atoms with Gasteiger partial charge in [-0.15, -0.1) is 11.3 Å². The van der Waals surface area contributed by atoms with E-state index >= 15 is 0 Å². The van der Waals surface area contributed by atoms with Crippen LogP contribution < -0.4 is 16.2 Å². The Hall–Kier alpha value is -3.02. The summed E-state index contributed by atoms with van der Waals surface area (Å²) >= 11 is 0.989. The smallest absolute Gasteiger partial charge is 0.360 e. The van der Waals surface area contributed by atoms with Crippen LogP contribution in [0.3, 0.4) is 0 Å². The maximum Gasteiger partial charge on any atom is 0.360 e. The Labute approximate surface area is 121 Å². The summed E-state index contributed by atoms with van der Waals surface area (Å²) in [7, 11) is 0. The number of nitrogens with one attached hydrogen (secondary N) is 3. The standard InChI is InChI=1S/C9H9N5O6S/c15-3-10-9-12-5(2-21-9)7(8(18)19)14-20-1-6(17)13-11-4-16/h2-4H,1H2,(H,11,16)(H,13,17)(H,18,19)(H,10,12,15). The molecule has 11 nitrogen and oxygen atoms in total. The lowest BCUT2D eigenvalue weighted by molar-refractivity contribution is -0.130. The highest BCUT2D eigenvalue weighted by molar-refractivity contribution is 7.14. The van der Waals surface area contributed by atoms with Crippen LogP contribution in [0.25, 0.3) is 0 Å². The Morgan fingerprint density at radius 2 is 2.19 bits per heavy atom. The molecule has 0 saturated heterocycles. The third kappa shape index (κ3) is 5.23. The van der Waals surface area contributed by atoms with E-state index in [1.807, 2.05) is 10.9 Å². The minimum absolute atomic E-state index is 0.0386. The van der Waals surface area contributed by atoms with Gasteiger partial charge in [0.15, 0.2) is 11.7 Å². The molecule has 12 heteroatoms. The summed E-state index contributed by atoms with van der Waals surface area (Å²) in [6, 6.07) is 0.